The lowest BCUT2D eigenvalue weighted by Crippen LogP contribution is -2.34. The largest absolute Gasteiger partial charge is 0.446 e. The smallest absolute Gasteiger partial charge is 0.362 e. The van der Waals surface area contributed by atoms with E-state index >= 15 is 0 Å². The number of hydrogen-bond acceptors (Lipinski definition) is 4. The molecule has 0 bridgehead atoms. The zero-order valence-corrected chi connectivity index (χ0v) is 14.4. The number of aryl methyl sites for hydroxylation is 1. The van der Waals surface area contributed by atoms with Crippen LogP contribution in [0.4, 0.5) is 0 Å². The molecule has 0 amide bonds. The number of hydrogen-bond donors (Lipinski definition) is 1. The summed E-state index contributed by atoms with van der Waals surface area (Å²) in [5, 5.41) is 0. The van der Waals surface area contributed by atoms with Crippen molar-refractivity contribution in [2.75, 3.05) is 0 Å². The maximum absolute atomic E-state index is 12.3. The summed E-state index contributed by atoms with van der Waals surface area (Å²) in [4.78, 5) is 12.3. The highest BCUT2D eigenvalue weighted by Gasteiger charge is 2.50. The molecule has 1 unspecified atom stereocenters. The lowest BCUT2D eigenvalue weighted by Gasteiger charge is -2.40. The van der Waals surface area contributed by atoms with Crippen LogP contribution >= 0.6 is 0 Å². The molecule has 1 saturated carbocycles. The van der Waals surface area contributed by atoms with Gasteiger partial charge >= 0.3 is 10.4 Å². The molecule has 2 atom stereocenters. The average molecular weight is 348 g/mol. The minimum atomic E-state index is -4.50. The van der Waals surface area contributed by atoms with Gasteiger partial charge in [-0.25, -0.2) is 0 Å². The third-order valence-electron chi connectivity index (χ3n) is 6.04. The number of ketones is 1. The van der Waals surface area contributed by atoms with Crippen LogP contribution in [0.2, 0.25) is 0 Å². The van der Waals surface area contributed by atoms with E-state index in [0.29, 0.717) is 18.1 Å². The standard InChI is InChI=1S/C18H20O5S/c1-18-9-8-14-13-5-3-12(23-24(20,21)22)10-11(13)2-4-15(14)16(18)6-7-17(18)19/h3,5,10,16H,2,4,6-9H2,1H3,(H,20,21,22)/t16?,18-/m0/s1. The van der Waals surface area contributed by atoms with E-state index in [1.807, 2.05) is 6.07 Å². The van der Waals surface area contributed by atoms with Gasteiger partial charge in [-0.15, -0.1) is 0 Å². The normalized spacial score (nSPS) is 29.1. The molecule has 0 radical (unpaired) electrons. The first-order valence-corrected chi connectivity index (χ1v) is 9.70. The van der Waals surface area contributed by atoms with Crippen molar-refractivity contribution in [3.05, 3.63) is 34.9 Å². The summed E-state index contributed by atoms with van der Waals surface area (Å²) in [5.74, 6) is 0.898. The van der Waals surface area contributed by atoms with E-state index in [4.69, 9.17) is 4.55 Å². The summed E-state index contributed by atoms with van der Waals surface area (Å²) in [5.41, 5.74) is 4.74. The predicted molar refractivity (Wildman–Crippen MR) is 88.9 cm³/mol. The second kappa shape index (κ2) is 5.17. The van der Waals surface area contributed by atoms with Gasteiger partial charge in [0.15, 0.2) is 0 Å². The monoisotopic (exact) mass is 348 g/mol. The Kier molecular flexibility index (Phi) is 3.41. The summed E-state index contributed by atoms with van der Waals surface area (Å²) < 4.78 is 35.2. The van der Waals surface area contributed by atoms with E-state index in [9.17, 15) is 13.2 Å². The average Bonchev–Trinajstić information content (AvgIpc) is 2.81. The molecule has 24 heavy (non-hydrogen) atoms. The fourth-order valence-electron chi connectivity index (χ4n) is 4.85. The lowest BCUT2D eigenvalue weighted by molar-refractivity contribution is -0.126. The first kappa shape index (κ1) is 15.8. The molecule has 4 rings (SSSR count). The Morgan fingerprint density at radius 1 is 1.21 bits per heavy atom. The van der Waals surface area contributed by atoms with E-state index in [1.165, 1.54) is 11.1 Å². The van der Waals surface area contributed by atoms with Gasteiger partial charge in [0.05, 0.1) is 0 Å². The summed E-state index contributed by atoms with van der Waals surface area (Å²) in [7, 11) is -4.50. The van der Waals surface area contributed by atoms with Crippen LogP contribution in [0.15, 0.2) is 23.8 Å². The molecule has 0 heterocycles. The van der Waals surface area contributed by atoms with Crippen molar-refractivity contribution >= 4 is 21.8 Å². The van der Waals surface area contributed by atoms with Gasteiger partial charge in [0.1, 0.15) is 11.5 Å². The molecular formula is C18H20O5S. The van der Waals surface area contributed by atoms with Gasteiger partial charge in [0.2, 0.25) is 0 Å². The number of rotatable bonds is 2. The van der Waals surface area contributed by atoms with Gasteiger partial charge in [-0.3, -0.25) is 9.35 Å². The summed E-state index contributed by atoms with van der Waals surface area (Å²) in [6, 6.07) is 5.15. The maximum atomic E-state index is 12.3. The number of benzene rings is 1. The highest BCUT2D eigenvalue weighted by molar-refractivity contribution is 7.81. The van der Waals surface area contributed by atoms with Crippen molar-refractivity contribution < 1.29 is 21.9 Å². The van der Waals surface area contributed by atoms with E-state index in [0.717, 1.165) is 43.2 Å². The molecule has 1 aromatic carbocycles. The number of fused-ring (bicyclic) bond motifs is 4. The molecule has 0 saturated heterocycles. The molecule has 0 aromatic heterocycles. The number of Topliss-reactive ketones (excluding diaryl/α,β-unsaturated/α-hetero) is 1. The highest BCUT2D eigenvalue weighted by atomic mass is 32.3. The van der Waals surface area contributed by atoms with Crippen LogP contribution in [0, 0.1) is 11.3 Å². The van der Waals surface area contributed by atoms with Crippen LogP contribution in [0.3, 0.4) is 0 Å². The molecule has 3 aliphatic rings. The number of allylic oxidation sites excluding steroid dienone is 2. The van der Waals surface area contributed by atoms with E-state index in [2.05, 4.69) is 11.1 Å². The van der Waals surface area contributed by atoms with Gasteiger partial charge in [0.25, 0.3) is 0 Å². The number of carbonyl (C=O) groups excluding carboxylic acids is 1. The Morgan fingerprint density at radius 2 is 2.00 bits per heavy atom. The van der Waals surface area contributed by atoms with Crippen molar-refractivity contribution in [3.8, 4) is 5.75 Å². The fourth-order valence-corrected chi connectivity index (χ4v) is 5.20. The summed E-state index contributed by atoms with van der Waals surface area (Å²) >= 11 is 0. The van der Waals surface area contributed by atoms with E-state index in [1.54, 1.807) is 12.1 Å². The predicted octanol–water partition coefficient (Wildman–Crippen LogP) is 3.35. The second-order valence-corrected chi connectivity index (χ2v) is 8.29. The Bertz CT molecular complexity index is 867. The quantitative estimate of drug-likeness (QED) is 0.829. The van der Waals surface area contributed by atoms with Gasteiger partial charge in [0, 0.05) is 11.8 Å². The molecule has 1 aromatic rings. The van der Waals surface area contributed by atoms with Crippen molar-refractivity contribution in [3.63, 3.8) is 0 Å². The van der Waals surface area contributed by atoms with Crippen LogP contribution < -0.4 is 4.18 Å². The van der Waals surface area contributed by atoms with Crippen molar-refractivity contribution in [1.29, 1.82) is 0 Å². The van der Waals surface area contributed by atoms with Crippen LogP contribution in [-0.2, 0) is 21.6 Å². The van der Waals surface area contributed by atoms with Crippen molar-refractivity contribution in [1.82, 2.24) is 0 Å². The van der Waals surface area contributed by atoms with Crippen LogP contribution in [0.1, 0.15) is 50.2 Å². The lowest BCUT2D eigenvalue weighted by atomic mass is 9.63. The van der Waals surface area contributed by atoms with Gasteiger partial charge < -0.3 is 4.18 Å². The van der Waals surface area contributed by atoms with Crippen LogP contribution in [0.25, 0.3) is 5.57 Å². The van der Waals surface area contributed by atoms with Gasteiger partial charge in [-0.2, -0.15) is 8.42 Å². The minimum Gasteiger partial charge on any atom is -0.362 e. The van der Waals surface area contributed by atoms with E-state index < -0.39 is 10.4 Å². The first-order valence-electron chi connectivity index (χ1n) is 8.33. The fraction of sp³-hybridized carbons (Fsp3) is 0.500. The van der Waals surface area contributed by atoms with Crippen molar-refractivity contribution in [2.45, 2.75) is 45.4 Å². The van der Waals surface area contributed by atoms with Crippen LogP contribution in [-0.4, -0.2) is 18.8 Å². The molecule has 0 aliphatic heterocycles. The third-order valence-corrected chi connectivity index (χ3v) is 6.44. The molecule has 3 aliphatic carbocycles. The molecule has 1 fully saturated rings. The SMILES string of the molecule is C[C@]12CCC3=C(CCc4cc(OS(=O)(=O)O)ccc43)C1CCC2=O. The van der Waals surface area contributed by atoms with Crippen LogP contribution in [0.5, 0.6) is 5.75 Å². The Balaban J connectivity index is 1.74. The Hall–Kier alpha value is -1.66. The van der Waals surface area contributed by atoms with Gasteiger partial charge in [-0.1, -0.05) is 18.6 Å². The highest BCUT2D eigenvalue weighted by Crippen LogP contribution is 2.56. The van der Waals surface area contributed by atoms with E-state index in [-0.39, 0.29) is 11.2 Å². The topological polar surface area (TPSA) is 80.7 Å². The maximum Gasteiger partial charge on any atom is 0.446 e. The second-order valence-electron chi connectivity index (χ2n) is 7.27. The summed E-state index contributed by atoms with van der Waals surface area (Å²) in [6.07, 6.45) is 5.12. The molecular weight excluding hydrogens is 328 g/mol. The minimum absolute atomic E-state index is 0.136. The first-order chi connectivity index (χ1) is 11.3. The molecule has 5 nitrogen and oxygen atoms in total. The van der Waals surface area contributed by atoms with Gasteiger partial charge in [-0.05, 0) is 66.9 Å². The Labute approximate surface area is 141 Å². The zero-order valence-electron chi connectivity index (χ0n) is 13.5. The molecule has 6 heteroatoms. The summed E-state index contributed by atoms with van der Waals surface area (Å²) in [6.45, 7) is 2.12. The third kappa shape index (κ3) is 2.40. The molecule has 1 N–H and O–H groups in total. The zero-order chi connectivity index (χ0) is 17.1. The van der Waals surface area contributed by atoms with Crippen molar-refractivity contribution in [2.24, 2.45) is 11.3 Å². The molecule has 128 valence electrons. The molecule has 0 spiro atoms. The Morgan fingerprint density at radius 3 is 2.75 bits per heavy atom. The number of carbonyl (C=O) groups is 1.